The van der Waals surface area contributed by atoms with E-state index in [2.05, 4.69) is 20.7 Å². The number of thioether (sulfide) groups is 1. The molecule has 0 aliphatic heterocycles. The number of amidine groups is 1. The number of hydrogen-bond acceptors (Lipinski definition) is 5. The van der Waals surface area contributed by atoms with Gasteiger partial charge < -0.3 is 15.7 Å². The lowest BCUT2D eigenvalue weighted by atomic mass is 10.1. The first kappa shape index (κ1) is 20.8. The van der Waals surface area contributed by atoms with Crippen molar-refractivity contribution in [2.24, 2.45) is 4.99 Å². The summed E-state index contributed by atoms with van der Waals surface area (Å²) in [6, 6.07) is 8.88. The van der Waals surface area contributed by atoms with Crippen molar-refractivity contribution in [1.82, 2.24) is 9.61 Å². The van der Waals surface area contributed by atoms with Gasteiger partial charge in [-0.15, -0.1) is 0 Å². The summed E-state index contributed by atoms with van der Waals surface area (Å²) < 4.78 is 1.67. The highest BCUT2D eigenvalue weighted by molar-refractivity contribution is 8.13. The normalized spacial score (nSPS) is 11.9. The molecule has 0 bridgehead atoms. The first-order valence-electron chi connectivity index (χ1n) is 8.68. The van der Waals surface area contributed by atoms with Crippen molar-refractivity contribution in [2.45, 2.75) is 13.8 Å². The molecule has 0 atom stereocenters. The Kier molecular flexibility index (Phi) is 6.46. The Balaban J connectivity index is 1.68. The highest BCUT2D eigenvalue weighted by Gasteiger charge is 2.09. The van der Waals surface area contributed by atoms with Crippen molar-refractivity contribution in [3.05, 3.63) is 65.0 Å². The number of aromatic nitrogens is 2. The van der Waals surface area contributed by atoms with Crippen LogP contribution in [0.3, 0.4) is 0 Å². The third-order valence-corrected chi connectivity index (χ3v) is 4.98. The van der Waals surface area contributed by atoms with Gasteiger partial charge in [0.2, 0.25) is 5.91 Å². The monoisotopic (exact) mass is 429 g/mol. The minimum Gasteiger partial charge on any atom is -0.508 e. The number of pyridine rings is 1. The zero-order chi connectivity index (χ0) is 21.0. The first-order chi connectivity index (χ1) is 13.9. The highest BCUT2D eigenvalue weighted by Crippen LogP contribution is 2.27. The zero-order valence-corrected chi connectivity index (χ0v) is 17.7. The molecule has 7 nitrogen and oxygen atoms in total. The minimum absolute atomic E-state index is 0.135. The second-order valence-corrected chi connectivity index (χ2v) is 7.45. The molecule has 0 radical (unpaired) electrons. The van der Waals surface area contributed by atoms with E-state index in [0.717, 1.165) is 11.1 Å². The van der Waals surface area contributed by atoms with Gasteiger partial charge in [0.25, 0.3) is 0 Å². The van der Waals surface area contributed by atoms with Crippen molar-refractivity contribution >= 4 is 51.5 Å². The number of hydrogen-bond donors (Lipinski definition) is 3. The number of amides is 1. The largest absolute Gasteiger partial charge is 0.508 e. The Bertz CT molecular complexity index is 1120. The summed E-state index contributed by atoms with van der Waals surface area (Å²) in [6.45, 7) is 3.61. The van der Waals surface area contributed by atoms with E-state index in [4.69, 9.17) is 11.6 Å². The van der Waals surface area contributed by atoms with Crippen molar-refractivity contribution in [3.8, 4) is 5.75 Å². The Morgan fingerprint density at radius 3 is 2.83 bits per heavy atom. The minimum atomic E-state index is -0.339. The average molecular weight is 430 g/mol. The van der Waals surface area contributed by atoms with Gasteiger partial charge in [0.15, 0.2) is 11.0 Å². The summed E-state index contributed by atoms with van der Waals surface area (Å²) in [7, 11) is 0. The number of phenols is 1. The lowest BCUT2D eigenvalue weighted by Gasteiger charge is -2.11. The Morgan fingerprint density at radius 1 is 1.28 bits per heavy atom. The number of nitrogens with zero attached hydrogens (tertiary/aromatic N) is 3. The van der Waals surface area contributed by atoms with Gasteiger partial charge in [0.05, 0.1) is 16.2 Å². The Labute approximate surface area is 177 Å². The molecule has 1 aromatic carbocycles. The molecule has 3 N–H and O–H groups in total. The van der Waals surface area contributed by atoms with Crippen LogP contribution >= 0.6 is 23.4 Å². The molecule has 0 spiro atoms. The van der Waals surface area contributed by atoms with E-state index in [1.807, 2.05) is 25.3 Å². The van der Waals surface area contributed by atoms with Crippen molar-refractivity contribution in [2.75, 3.05) is 16.9 Å². The highest BCUT2D eigenvalue weighted by atomic mass is 35.5. The maximum Gasteiger partial charge on any atom is 0.249 e. The van der Waals surface area contributed by atoms with Crippen LogP contribution in [-0.4, -0.2) is 32.1 Å². The van der Waals surface area contributed by atoms with Crippen LogP contribution in [0.5, 0.6) is 5.75 Å². The number of nitrogens with one attached hydrogen (secondary N) is 2. The molecule has 0 aliphatic carbocycles. The second kappa shape index (κ2) is 9.02. The first-order valence-corrected chi connectivity index (χ1v) is 10.3. The molecule has 29 heavy (non-hydrogen) atoms. The maximum atomic E-state index is 12.2. The second-order valence-electron chi connectivity index (χ2n) is 6.22. The van der Waals surface area contributed by atoms with Crippen molar-refractivity contribution in [3.63, 3.8) is 0 Å². The molecule has 0 aliphatic rings. The van der Waals surface area contributed by atoms with E-state index in [-0.39, 0.29) is 11.7 Å². The van der Waals surface area contributed by atoms with Crippen LogP contribution in [0.2, 0.25) is 5.02 Å². The number of halogens is 1. The van der Waals surface area contributed by atoms with E-state index in [1.165, 1.54) is 24.0 Å². The van der Waals surface area contributed by atoms with Gasteiger partial charge in [-0.1, -0.05) is 29.4 Å². The van der Waals surface area contributed by atoms with Crippen LogP contribution in [-0.2, 0) is 4.79 Å². The molecule has 150 valence electrons. The fraction of sp³-hybridized carbons (Fsp3) is 0.150. The third kappa shape index (κ3) is 5.10. The number of carbonyl (C=O) groups excluding carboxylic acids is 1. The molecule has 0 saturated carbocycles. The molecular weight excluding hydrogens is 410 g/mol. The van der Waals surface area contributed by atoms with Crippen LogP contribution in [0.25, 0.3) is 5.52 Å². The Morgan fingerprint density at radius 2 is 2.07 bits per heavy atom. The molecule has 3 aromatic rings. The maximum absolute atomic E-state index is 12.2. The van der Waals surface area contributed by atoms with Gasteiger partial charge in [-0.05, 0) is 43.9 Å². The smallest absolute Gasteiger partial charge is 0.249 e. The van der Waals surface area contributed by atoms with Gasteiger partial charge in [-0.2, -0.15) is 5.10 Å². The molecular formula is C20H20ClN5O2S. The van der Waals surface area contributed by atoms with E-state index in [9.17, 15) is 9.90 Å². The number of rotatable bonds is 4. The molecule has 0 unspecified atom stereocenters. The third-order valence-electron chi connectivity index (χ3n) is 4.16. The van der Waals surface area contributed by atoms with Gasteiger partial charge >= 0.3 is 0 Å². The summed E-state index contributed by atoms with van der Waals surface area (Å²) in [6.07, 6.45) is 6.32. The molecule has 2 aromatic heterocycles. The van der Waals surface area contributed by atoms with Gasteiger partial charge in [-0.25, -0.2) is 9.51 Å². The fourth-order valence-electron chi connectivity index (χ4n) is 2.63. The van der Waals surface area contributed by atoms with Crippen LogP contribution in [0.15, 0.2) is 53.8 Å². The van der Waals surface area contributed by atoms with Crippen LogP contribution in [0.1, 0.15) is 11.1 Å². The quantitative estimate of drug-likeness (QED) is 0.320. The predicted molar refractivity (Wildman–Crippen MR) is 120 cm³/mol. The van der Waals surface area contributed by atoms with Crippen molar-refractivity contribution in [1.29, 1.82) is 0 Å². The van der Waals surface area contributed by atoms with Crippen molar-refractivity contribution < 1.29 is 9.90 Å². The van der Waals surface area contributed by atoms with Gasteiger partial charge in [-0.3, -0.25) is 4.79 Å². The van der Waals surface area contributed by atoms with E-state index >= 15 is 0 Å². The number of aryl methyl sites for hydroxylation is 1. The molecule has 0 fully saturated rings. The summed E-state index contributed by atoms with van der Waals surface area (Å²) in [5.74, 6) is 0.410. The van der Waals surface area contributed by atoms with Gasteiger partial charge in [0.1, 0.15) is 5.75 Å². The number of aliphatic imine (C=N–C) groups is 1. The van der Waals surface area contributed by atoms with E-state index in [1.54, 1.807) is 35.8 Å². The summed E-state index contributed by atoms with van der Waals surface area (Å²) in [5, 5.41) is 21.3. The molecule has 1 amide bonds. The predicted octanol–water partition coefficient (Wildman–Crippen LogP) is 4.59. The van der Waals surface area contributed by atoms with E-state index in [0.29, 0.717) is 27.3 Å². The van der Waals surface area contributed by atoms with Gasteiger partial charge in [0, 0.05) is 30.1 Å². The summed E-state index contributed by atoms with van der Waals surface area (Å²) >= 11 is 7.36. The standard InChI is InChI=1S/C20H20ClN5O2S/c1-12-4-7-16(27)13(2)19(12)24-18(28)8-9-22-20(29-3)23-17-10-15-6-5-14(21)11-26(15)25-17/h4-11,27H,1-3H3,(H,24,28)(H,22,23,25)/b9-8+. The summed E-state index contributed by atoms with van der Waals surface area (Å²) in [4.78, 5) is 16.5. The molecule has 3 rings (SSSR count). The topological polar surface area (TPSA) is 91.0 Å². The number of benzene rings is 1. The SMILES string of the molecule is CSC(=N/C=C/C(=O)Nc1c(C)ccc(O)c1C)Nc1cc2ccc(Cl)cn2n1. The van der Waals surface area contributed by atoms with Crippen LogP contribution < -0.4 is 10.6 Å². The number of carbonyl (C=O) groups is 1. The lowest BCUT2D eigenvalue weighted by molar-refractivity contribution is -0.111. The van der Waals surface area contributed by atoms with E-state index < -0.39 is 0 Å². The Hall–Kier alpha value is -2.97. The molecule has 2 heterocycles. The molecule has 9 heteroatoms. The summed E-state index contributed by atoms with van der Waals surface area (Å²) in [5.41, 5.74) is 2.97. The number of phenolic OH excluding ortho intramolecular Hbond substituents is 1. The van der Waals surface area contributed by atoms with Crippen LogP contribution in [0.4, 0.5) is 11.5 Å². The van der Waals surface area contributed by atoms with Crippen LogP contribution in [0, 0.1) is 13.8 Å². The number of aromatic hydroxyl groups is 1. The fourth-order valence-corrected chi connectivity index (χ4v) is 3.16. The lowest BCUT2D eigenvalue weighted by Crippen LogP contribution is -2.11. The number of anilines is 2. The number of fused-ring (bicyclic) bond motifs is 1. The zero-order valence-electron chi connectivity index (χ0n) is 16.1. The molecule has 0 saturated heterocycles. The average Bonchev–Trinajstić information content (AvgIpc) is 3.08.